The van der Waals surface area contributed by atoms with Crippen molar-refractivity contribution >= 4 is 5.91 Å². The standard InChI is InChI=1S/C17H24N2O2/c1-3-21-16-11-19(2)10-15(16)18-17(20)14-8-7-12-5-4-6-13(12)9-14/h7-9,15-16H,3-6,10-11H2,1-2H3,(H,18,20)/t15-,16-/m0/s1. The largest absolute Gasteiger partial charge is 0.375 e. The van der Waals surface area contributed by atoms with E-state index in [9.17, 15) is 4.79 Å². The van der Waals surface area contributed by atoms with Gasteiger partial charge in [-0.2, -0.15) is 0 Å². The van der Waals surface area contributed by atoms with E-state index in [1.54, 1.807) is 0 Å². The smallest absolute Gasteiger partial charge is 0.251 e. The van der Waals surface area contributed by atoms with Gasteiger partial charge in [0.25, 0.3) is 5.91 Å². The zero-order valence-electron chi connectivity index (χ0n) is 12.9. The number of aryl methyl sites for hydroxylation is 2. The molecule has 3 rings (SSSR count). The Labute approximate surface area is 126 Å². The van der Waals surface area contributed by atoms with Gasteiger partial charge in [-0.15, -0.1) is 0 Å². The second-order valence-corrected chi connectivity index (χ2v) is 6.13. The highest BCUT2D eigenvalue weighted by atomic mass is 16.5. The Balaban J connectivity index is 1.68. The molecule has 1 aliphatic heterocycles. The van der Waals surface area contributed by atoms with Crippen LogP contribution in [0.2, 0.25) is 0 Å². The van der Waals surface area contributed by atoms with E-state index in [0.29, 0.717) is 6.61 Å². The maximum Gasteiger partial charge on any atom is 0.251 e. The number of fused-ring (bicyclic) bond motifs is 1. The quantitative estimate of drug-likeness (QED) is 0.915. The molecule has 4 nitrogen and oxygen atoms in total. The van der Waals surface area contributed by atoms with E-state index in [0.717, 1.165) is 31.5 Å². The molecule has 2 atom stereocenters. The van der Waals surface area contributed by atoms with Gasteiger partial charge in [0.1, 0.15) is 0 Å². The Kier molecular flexibility index (Phi) is 4.27. The average Bonchev–Trinajstić information content (AvgIpc) is 3.05. The molecule has 114 valence electrons. The molecule has 1 aromatic carbocycles. The van der Waals surface area contributed by atoms with Crippen molar-refractivity contribution in [2.45, 2.75) is 38.3 Å². The number of carbonyl (C=O) groups is 1. The molecule has 1 N–H and O–H groups in total. The van der Waals surface area contributed by atoms with Gasteiger partial charge >= 0.3 is 0 Å². The van der Waals surface area contributed by atoms with Crippen molar-refractivity contribution in [1.82, 2.24) is 10.2 Å². The van der Waals surface area contributed by atoms with Crippen LogP contribution < -0.4 is 5.32 Å². The molecular formula is C17H24N2O2. The van der Waals surface area contributed by atoms with Crippen LogP contribution in [-0.2, 0) is 17.6 Å². The summed E-state index contributed by atoms with van der Waals surface area (Å²) >= 11 is 0. The summed E-state index contributed by atoms with van der Waals surface area (Å²) in [5, 5.41) is 3.15. The van der Waals surface area contributed by atoms with E-state index < -0.39 is 0 Å². The molecule has 1 heterocycles. The van der Waals surface area contributed by atoms with Gasteiger partial charge in [0.15, 0.2) is 0 Å². The van der Waals surface area contributed by atoms with Gasteiger partial charge in [-0.25, -0.2) is 0 Å². The molecule has 0 aromatic heterocycles. The molecule has 1 fully saturated rings. The molecule has 1 aromatic rings. The number of hydrogen-bond acceptors (Lipinski definition) is 3. The molecule has 1 saturated heterocycles. The van der Waals surface area contributed by atoms with E-state index in [-0.39, 0.29) is 18.1 Å². The molecule has 0 spiro atoms. The molecule has 1 amide bonds. The third-order valence-corrected chi connectivity index (χ3v) is 4.51. The molecule has 1 aliphatic carbocycles. The van der Waals surface area contributed by atoms with Crippen LogP contribution >= 0.6 is 0 Å². The van der Waals surface area contributed by atoms with Crippen LogP contribution in [0.1, 0.15) is 34.8 Å². The lowest BCUT2D eigenvalue weighted by Crippen LogP contribution is -2.44. The fourth-order valence-corrected chi connectivity index (χ4v) is 3.45. The van der Waals surface area contributed by atoms with E-state index in [4.69, 9.17) is 4.74 Å². The number of carbonyl (C=O) groups excluding carboxylic acids is 1. The lowest BCUT2D eigenvalue weighted by atomic mass is 10.1. The van der Waals surface area contributed by atoms with Crippen molar-refractivity contribution in [3.05, 3.63) is 34.9 Å². The molecule has 21 heavy (non-hydrogen) atoms. The Morgan fingerprint density at radius 1 is 1.33 bits per heavy atom. The summed E-state index contributed by atoms with van der Waals surface area (Å²) in [5.74, 6) is 0.0229. The molecule has 0 unspecified atom stereocenters. The summed E-state index contributed by atoms with van der Waals surface area (Å²) in [6.45, 7) is 4.41. The van der Waals surface area contributed by atoms with Crippen molar-refractivity contribution in [3.63, 3.8) is 0 Å². The summed E-state index contributed by atoms with van der Waals surface area (Å²) in [4.78, 5) is 14.7. The number of likely N-dealkylation sites (N-methyl/N-ethyl adjacent to an activating group) is 1. The van der Waals surface area contributed by atoms with Gasteiger partial charge < -0.3 is 15.0 Å². The number of likely N-dealkylation sites (tertiary alicyclic amines) is 1. The molecule has 0 radical (unpaired) electrons. The molecular weight excluding hydrogens is 264 g/mol. The Morgan fingerprint density at radius 3 is 2.95 bits per heavy atom. The first-order chi connectivity index (χ1) is 10.2. The number of amides is 1. The predicted molar refractivity (Wildman–Crippen MR) is 82.6 cm³/mol. The van der Waals surface area contributed by atoms with Crippen LogP contribution in [-0.4, -0.2) is 49.7 Å². The van der Waals surface area contributed by atoms with Gasteiger partial charge in [0.2, 0.25) is 0 Å². The van der Waals surface area contributed by atoms with Crippen LogP contribution in [0, 0.1) is 0 Å². The van der Waals surface area contributed by atoms with Gasteiger partial charge in [-0.3, -0.25) is 4.79 Å². The third-order valence-electron chi connectivity index (χ3n) is 4.51. The predicted octanol–water partition coefficient (Wildman–Crippen LogP) is 1.62. The Bertz CT molecular complexity index is 530. The number of nitrogens with one attached hydrogen (secondary N) is 1. The minimum absolute atomic E-state index is 0.0229. The van der Waals surface area contributed by atoms with Crippen LogP contribution in [0.3, 0.4) is 0 Å². The van der Waals surface area contributed by atoms with Gasteiger partial charge in [0, 0.05) is 25.3 Å². The first-order valence-corrected chi connectivity index (χ1v) is 7.90. The van der Waals surface area contributed by atoms with E-state index in [1.807, 2.05) is 13.0 Å². The lowest BCUT2D eigenvalue weighted by Gasteiger charge is -2.20. The van der Waals surface area contributed by atoms with Crippen molar-refractivity contribution < 1.29 is 9.53 Å². The van der Waals surface area contributed by atoms with Crippen LogP contribution in [0.25, 0.3) is 0 Å². The highest BCUT2D eigenvalue weighted by Crippen LogP contribution is 2.23. The maximum absolute atomic E-state index is 12.5. The van der Waals surface area contributed by atoms with Crippen LogP contribution in [0.15, 0.2) is 18.2 Å². The minimum Gasteiger partial charge on any atom is -0.375 e. The Morgan fingerprint density at radius 2 is 2.14 bits per heavy atom. The second-order valence-electron chi connectivity index (χ2n) is 6.13. The molecule has 4 heteroatoms. The van der Waals surface area contributed by atoms with Crippen molar-refractivity contribution in [1.29, 1.82) is 0 Å². The van der Waals surface area contributed by atoms with Gasteiger partial charge in [-0.05, 0) is 56.5 Å². The van der Waals surface area contributed by atoms with Gasteiger partial charge in [-0.1, -0.05) is 6.07 Å². The fraction of sp³-hybridized carbons (Fsp3) is 0.588. The topological polar surface area (TPSA) is 41.6 Å². The van der Waals surface area contributed by atoms with Crippen molar-refractivity contribution in [2.24, 2.45) is 0 Å². The molecule has 0 saturated carbocycles. The first kappa shape index (κ1) is 14.5. The summed E-state index contributed by atoms with van der Waals surface area (Å²) < 4.78 is 5.74. The summed E-state index contributed by atoms with van der Waals surface area (Å²) in [5.41, 5.74) is 3.52. The first-order valence-electron chi connectivity index (χ1n) is 7.90. The zero-order valence-corrected chi connectivity index (χ0v) is 12.9. The van der Waals surface area contributed by atoms with Gasteiger partial charge in [0.05, 0.1) is 12.1 Å². The number of nitrogens with zero attached hydrogens (tertiary/aromatic N) is 1. The monoisotopic (exact) mass is 288 g/mol. The van der Waals surface area contributed by atoms with Crippen LogP contribution in [0.4, 0.5) is 0 Å². The van der Waals surface area contributed by atoms with E-state index in [1.165, 1.54) is 17.5 Å². The van der Waals surface area contributed by atoms with E-state index in [2.05, 4.69) is 29.4 Å². The lowest BCUT2D eigenvalue weighted by molar-refractivity contribution is 0.0513. The third kappa shape index (κ3) is 3.11. The molecule has 0 bridgehead atoms. The molecule has 2 aliphatic rings. The minimum atomic E-state index is 0.0229. The summed E-state index contributed by atoms with van der Waals surface area (Å²) in [6.07, 6.45) is 3.56. The van der Waals surface area contributed by atoms with Crippen molar-refractivity contribution in [3.8, 4) is 0 Å². The SMILES string of the molecule is CCO[C@H]1CN(C)C[C@@H]1NC(=O)c1ccc2c(c1)CCC2. The normalized spacial score (nSPS) is 25.0. The number of hydrogen-bond donors (Lipinski definition) is 1. The average molecular weight is 288 g/mol. The highest BCUT2D eigenvalue weighted by Gasteiger charge is 2.32. The summed E-state index contributed by atoms with van der Waals surface area (Å²) in [6, 6.07) is 6.20. The van der Waals surface area contributed by atoms with Crippen molar-refractivity contribution in [2.75, 3.05) is 26.7 Å². The Hall–Kier alpha value is -1.39. The number of rotatable bonds is 4. The number of benzene rings is 1. The summed E-state index contributed by atoms with van der Waals surface area (Å²) in [7, 11) is 2.06. The highest BCUT2D eigenvalue weighted by molar-refractivity contribution is 5.94. The zero-order chi connectivity index (χ0) is 14.8. The maximum atomic E-state index is 12.5. The second kappa shape index (κ2) is 6.16. The van der Waals surface area contributed by atoms with E-state index >= 15 is 0 Å². The number of ether oxygens (including phenoxy) is 1. The van der Waals surface area contributed by atoms with Crippen LogP contribution in [0.5, 0.6) is 0 Å². The fourth-order valence-electron chi connectivity index (χ4n) is 3.45.